The summed E-state index contributed by atoms with van der Waals surface area (Å²) in [6.45, 7) is 2.32. The van der Waals surface area contributed by atoms with Crippen molar-refractivity contribution in [3.8, 4) is 17.1 Å². The normalized spacial score (nSPS) is 11.9. The molecule has 2 aromatic heterocycles. The fourth-order valence-electron chi connectivity index (χ4n) is 4.32. The van der Waals surface area contributed by atoms with Crippen LogP contribution in [0.2, 0.25) is 0 Å². The number of carbonyl (C=O) groups excluding carboxylic acids is 2. The molecule has 9 nitrogen and oxygen atoms in total. The molecule has 5 aromatic rings. The first-order valence-electron chi connectivity index (χ1n) is 12.7. The highest BCUT2D eigenvalue weighted by Crippen LogP contribution is 2.33. The molecule has 0 unspecified atom stereocenters. The number of unbranched alkanes of at least 4 members (excludes halogenated alkanes) is 1. The van der Waals surface area contributed by atoms with Crippen LogP contribution in [0.4, 0.5) is 6.01 Å². The van der Waals surface area contributed by atoms with Gasteiger partial charge in [0, 0.05) is 18.2 Å². The van der Waals surface area contributed by atoms with Gasteiger partial charge in [-0.05, 0) is 64.6 Å². The highest BCUT2D eigenvalue weighted by atomic mass is 32.1. The maximum atomic E-state index is 12.5. The minimum atomic E-state index is -0.600. The molecule has 39 heavy (non-hydrogen) atoms. The van der Waals surface area contributed by atoms with Crippen molar-refractivity contribution in [2.24, 2.45) is 5.73 Å². The van der Waals surface area contributed by atoms with Gasteiger partial charge in [0.1, 0.15) is 5.75 Å². The Bertz CT molecular complexity index is 1610. The molecule has 10 heteroatoms. The molecule has 4 N–H and O–H groups in total. The third kappa shape index (κ3) is 6.42. The van der Waals surface area contributed by atoms with Gasteiger partial charge >= 0.3 is 6.01 Å². The molecular weight excluding hydrogens is 514 g/mol. The second-order valence-electron chi connectivity index (χ2n) is 9.21. The molecule has 0 aliphatic carbocycles. The number of nitrogens with two attached hydrogens (primary N) is 1. The average Bonchev–Trinajstić information content (AvgIpc) is 3.56. The predicted molar refractivity (Wildman–Crippen MR) is 153 cm³/mol. The van der Waals surface area contributed by atoms with E-state index < -0.39 is 6.04 Å². The minimum absolute atomic E-state index is 0.0257. The van der Waals surface area contributed by atoms with Gasteiger partial charge in [0.25, 0.3) is 0 Å². The zero-order valence-electron chi connectivity index (χ0n) is 21.5. The monoisotopic (exact) mass is 543 g/mol. The van der Waals surface area contributed by atoms with Crippen molar-refractivity contribution >= 4 is 50.0 Å². The summed E-state index contributed by atoms with van der Waals surface area (Å²) in [5.41, 5.74) is 7.95. The summed E-state index contributed by atoms with van der Waals surface area (Å²) in [5.74, 6) is 0.473. The van der Waals surface area contributed by atoms with E-state index >= 15 is 0 Å². The fraction of sp³-hybridized carbons (Fsp3) is 0.241. The largest absolute Gasteiger partial charge is 0.493 e. The summed E-state index contributed by atoms with van der Waals surface area (Å²) >= 11 is 1.67. The number of hydrogen-bond acceptors (Lipinski definition) is 8. The fourth-order valence-corrected chi connectivity index (χ4v) is 5.30. The van der Waals surface area contributed by atoms with E-state index in [9.17, 15) is 9.59 Å². The molecule has 2 amide bonds. The molecule has 0 fully saturated rings. The van der Waals surface area contributed by atoms with Crippen molar-refractivity contribution in [3.05, 3.63) is 71.6 Å². The van der Waals surface area contributed by atoms with Gasteiger partial charge in [-0.1, -0.05) is 47.6 Å². The zero-order valence-corrected chi connectivity index (χ0v) is 22.3. The first-order chi connectivity index (χ1) is 19.0. The van der Waals surface area contributed by atoms with Crippen LogP contribution in [0.3, 0.4) is 0 Å². The summed E-state index contributed by atoms with van der Waals surface area (Å²) < 4.78 is 12.5. The van der Waals surface area contributed by atoms with Gasteiger partial charge in [-0.15, -0.1) is 11.3 Å². The van der Waals surface area contributed by atoms with E-state index in [1.54, 1.807) is 11.3 Å². The Labute approximate surface area is 229 Å². The number of carbonyl (C=O) groups is 2. The van der Waals surface area contributed by atoms with Crippen molar-refractivity contribution in [2.75, 3.05) is 18.5 Å². The maximum Gasteiger partial charge on any atom is 0.328 e. The maximum absolute atomic E-state index is 12.5. The SMILES string of the molecule is CC(=O)Nc1nc(-c2cc3ccccc3cc2OCCCCNC(=O)[C@@H](N)Cc2csc3ccccc23)no1. The third-order valence-electron chi connectivity index (χ3n) is 6.26. The third-order valence-corrected chi connectivity index (χ3v) is 7.28. The van der Waals surface area contributed by atoms with E-state index in [4.69, 9.17) is 15.0 Å². The highest BCUT2D eigenvalue weighted by molar-refractivity contribution is 7.17. The number of nitrogens with zero attached hydrogens (tertiary/aromatic N) is 2. The number of hydrogen-bond donors (Lipinski definition) is 3. The number of benzene rings is 3. The Balaban J connectivity index is 1.14. The Kier molecular flexibility index (Phi) is 8.14. The number of rotatable bonds is 11. The lowest BCUT2D eigenvalue weighted by Gasteiger charge is -2.13. The van der Waals surface area contributed by atoms with Crippen LogP contribution in [0.1, 0.15) is 25.3 Å². The van der Waals surface area contributed by atoms with E-state index in [0.29, 0.717) is 36.7 Å². The quantitative estimate of drug-likeness (QED) is 0.202. The number of anilines is 1. The number of amides is 2. The summed E-state index contributed by atoms with van der Waals surface area (Å²) in [7, 11) is 0. The van der Waals surface area contributed by atoms with Crippen molar-refractivity contribution in [3.63, 3.8) is 0 Å². The van der Waals surface area contributed by atoms with E-state index in [1.807, 2.05) is 48.5 Å². The van der Waals surface area contributed by atoms with Crippen LogP contribution in [0.5, 0.6) is 5.75 Å². The topological polar surface area (TPSA) is 132 Å². The molecule has 0 radical (unpaired) electrons. The van der Waals surface area contributed by atoms with Crippen LogP contribution in [0.25, 0.3) is 32.2 Å². The van der Waals surface area contributed by atoms with Crippen LogP contribution in [0, 0.1) is 0 Å². The standard InChI is InChI=1S/C29H29N5O4S/c1-18(35)32-29-33-27(34-38-29)23-14-19-8-2-3-9-20(19)16-25(23)37-13-7-6-12-31-28(36)24(30)15-21-17-39-26-11-5-4-10-22(21)26/h2-5,8-11,14,16-17,24H,6-7,12-13,15,30H2,1H3,(H,31,36)(H,32,33,34,35)/t24-/m0/s1. The van der Waals surface area contributed by atoms with E-state index in [-0.39, 0.29) is 17.8 Å². The Morgan fingerprint density at radius 2 is 1.85 bits per heavy atom. The van der Waals surface area contributed by atoms with Gasteiger partial charge < -0.3 is 20.3 Å². The molecule has 5 rings (SSSR count). The first kappa shape index (κ1) is 26.3. The van der Waals surface area contributed by atoms with Gasteiger partial charge in [-0.25, -0.2) is 0 Å². The predicted octanol–water partition coefficient (Wildman–Crippen LogP) is 4.91. The molecule has 0 spiro atoms. The van der Waals surface area contributed by atoms with E-state index in [0.717, 1.165) is 34.6 Å². The number of nitrogens with one attached hydrogen (secondary N) is 2. The summed E-state index contributed by atoms with van der Waals surface area (Å²) in [6.07, 6.45) is 1.96. The zero-order chi connectivity index (χ0) is 27.2. The van der Waals surface area contributed by atoms with Crippen LogP contribution < -0.4 is 21.1 Å². The lowest BCUT2D eigenvalue weighted by Crippen LogP contribution is -2.42. The summed E-state index contributed by atoms with van der Waals surface area (Å²) in [6, 6.07) is 19.4. The minimum Gasteiger partial charge on any atom is -0.493 e. The second kappa shape index (κ2) is 12.1. The highest BCUT2D eigenvalue weighted by Gasteiger charge is 2.17. The number of thiophene rings is 1. The van der Waals surface area contributed by atoms with Gasteiger partial charge in [-0.2, -0.15) is 4.98 Å². The molecule has 0 saturated carbocycles. The van der Waals surface area contributed by atoms with Gasteiger partial charge in [0.2, 0.25) is 17.6 Å². The molecule has 0 saturated heterocycles. The Morgan fingerprint density at radius 3 is 2.67 bits per heavy atom. The number of ether oxygens (including phenoxy) is 1. The number of fused-ring (bicyclic) bond motifs is 2. The van der Waals surface area contributed by atoms with Crippen molar-refractivity contribution in [2.45, 2.75) is 32.2 Å². The van der Waals surface area contributed by atoms with Crippen LogP contribution in [0.15, 0.2) is 70.6 Å². The smallest absolute Gasteiger partial charge is 0.328 e. The lowest BCUT2D eigenvalue weighted by molar-refractivity contribution is -0.122. The van der Waals surface area contributed by atoms with E-state index in [2.05, 4.69) is 38.3 Å². The van der Waals surface area contributed by atoms with E-state index in [1.165, 1.54) is 11.6 Å². The molecule has 0 aliphatic heterocycles. The van der Waals surface area contributed by atoms with Gasteiger partial charge in [-0.3, -0.25) is 14.9 Å². The van der Waals surface area contributed by atoms with Gasteiger partial charge in [0.05, 0.1) is 18.2 Å². The molecular formula is C29H29N5O4S. The van der Waals surface area contributed by atoms with Crippen LogP contribution >= 0.6 is 11.3 Å². The summed E-state index contributed by atoms with van der Waals surface area (Å²) in [5, 5.41) is 14.7. The Hall–Kier alpha value is -4.28. The molecule has 0 aliphatic rings. The first-order valence-corrected chi connectivity index (χ1v) is 13.6. The average molecular weight is 544 g/mol. The van der Waals surface area contributed by atoms with Crippen LogP contribution in [-0.4, -0.2) is 41.1 Å². The molecule has 2 heterocycles. The van der Waals surface area contributed by atoms with Crippen molar-refractivity contribution < 1.29 is 18.8 Å². The summed E-state index contributed by atoms with van der Waals surface area (Å²) in [4.78, 5) is 28.1. The molecule has 200 valence electrons. The van der Waals surface area contributed by atoms with Crippen molar-refractivity contribution in [1.82, 2.24) is 15.5 Å². The second-order valence-corrected chi connectivity index (χ2v) is 10.1. The van der Waals surface area contributed by atoms with Crippen LogP contribution in [-0.2, 0) is 16.0 Å². The molecule has 0 bridgehead atoms. The Morgan fingerprint density at radius 1 is 1.08 bits per heavy atom. The molecule has 3 aromatic carbocycles. The molecule has 1 atom stereocenters. The van der Waals surface area contributed by atoms with Crippen molar-refractivity contribution in [1.29, 1.82) is 0 Å². The lowest BCUT2D eigenvalue weighted by atomic mass is 10.1. The number of aromatic nitrogens is 2. The van der Waals surface area contributed by atoms with Gasteiger partial charge in [0.15, 0.2) is 0 Å².